The van der Waals surface area contributed by atoms with Crippen molar-refractivity contribution in [3.63, 3.8) is 0 Å². The van der Waals surface area contributed by atoms with Gasteiger partial charge in [0.05, 0.1) is 47.5 Å². The second-order valence-electron chi connectivity index (χ2n) is 10.2. The van der Waals surface area contributed by atoms with Gasteiger partial charge in [-0.15, -0.1) is 0 Å². The number of hydrogen-bond acceptors (Lipinski definition) is 8. The molecule has 1 N–H and O–H groups in total. The average molecular weight is 538 g/mol. The van der Waals surface area contributed by atoms with Gasteiger partial charge in [0.25, 0.3) is 0 Å². The molecule has 2 bridgehead atoms. The highest BCUT2D eigenvalue weighted by atomic mass is 19.4. The van der Waals surface area contributed by atoms with E-state index in [-0.39, 0.29) is 25.3 Å². The number of anilines is 1. The Bertz CT molecular complexity index is 1570. The Hall–Kier alpha value is -4.08. The van der Waals surface area contributed by atoms with E-state index < -0.39 is 52.8 Å². The Morgan fingerprint density at radius 2 is 1.87 bits per heavy atom. The Kier molecular flexibility index (Phi) is 5.47. The second kappa shape index (κ2) is 8.46. The van der Waals surface area contributed by atoms with E-state index in [4.69, 9.17) is 9.47 Å². The summed E-state index contributed by atoms with van der Waals surface area (Å²) < 4.78 is 50.7. The lowest BCUT2D eigenvalue weighted by atomic mass is 9.66. The van der Waals surface area contributed by atoms with Crippen LogP contribution in [-0.2, 0) is 20.5 Å². The van der Waals surface area contributed by atoms with Gasteiger partial charge in [-0.2, -0.15) is 18.4 Å². The number of halogens is 3. The van der Waals surface area contributed by atoms with Crippen LogP contribution in [-0.4, -0.2) is 50.8 Å². The summed E-state index contributed by atoms with van der Waals surface area (Å²) in [6, 6.07) is 12.8. The minimum atomic E-state index is -4.67. The van der Waals surface area contributed by atoms with Crippen molar-refractivity contribution < 1.29 is 37.3 Å². The molecular formula is C27H21F3N4O5. The van der Waals surface area contributed by atoms with Gasteiger partial charge in [-0.05, 0) is 19.1 Å². The standard InChI is InChI=1S/C27H21F3N4O5/c1-25-19(35)11-26(39-25,8-9-38-20-10-18(27(28,29)30)32-13-33-20)22-21(25)23(36)34(24(22)37)17-7-6-14(12-31)15-4-2-3-5-16(15)17/h2-7,10,13,19,21-22,35H,8-9,11H2,1H3/t19-,21-,22+,25-,26+/m0/s1. The van der Waals surface area contributed by atoms with Crippen molar-refractivity contribution in [3.8, 4) is 11.9 Å². The quantitative estimate of drug-likeness (QED) is 0.490. The topological polar surface area (TPSA) is 126 Å². The fourth-order valence-corrected chi connectivity index (χ4v) is 6.34. The number of aliphatic hydroxyl groups excluding tert-OH is 1. The number of fused-ring (bicyclic) bond motifs is 6. The zero-order valence-corrected chi connectivity index (χ0v) is 20.5. The molecule has 9 nitrogen and oxygen atoms in total. The lowest BCUT2D eigenvalue weighted by Gasteiger charge is -2.33. The Labute approximate surface area is 219 Å². The number of rotatable bonds is 5. The Morgan fingerprint density at radius 1 is 1.15 bits per heavy atom. The van der Waals surface area contributed by atoms with E-state index in [0.29, 0.717) is 28.1 Å². The largest absolute Gasteiger partial charge is 0.477 e. The molecule has 4 heterocycles. The van der Waals surface area contributed by atoms with Gasteiger partial charge >= 0.3 is 6.18 Å². The molecule has 3 aromatic rings. The Morgan fingerprint density at radius 3 is 2.59 bits per heavy atom. The number of carbonyl (C=O) groups is 2. The van der Waals surface area contributed by atoms with Crippen LogP contribution in [0.5, 0.6) is 5.88 Å². The molecule has 6 rings (SSSR count). The summed E-state index contributed by atoms with van der Waals surface area (Å²) in [6.45, 7) is 1.41. The van der Waals surface area contributed by atoms with Crippen molar-refractivity contribution in [2.75, 3.05) is 11.5 Å². The zero-order valence-electron chi connectivity index (χ0n) is 20.5. The van der Waals surface area contributed by atoms with Crippen LogP contribution >= 0.6 is 0 Å². The van der Waals surface area contributed by atoms with E-state index in [0.717, 1.165) is 11.2 Å². The van der Waals surface area contributed by atoms with E-state index >= 15 is 0 Å². The SMILES string of the molecule is C[C@]12O[C@](CCOc3cc(C(F)(F)F)ncn3)(C[C@@H]1O)[C@H]1C(=O)N(c3ccc(C#N)c4ccccc34)C(=O)[C@H]12. The molecule has 200 valence electrons. The molecule has 0 aliphatic carbocycles. The number of aliphatic hydroxyl groups is 1. The molecule has 39 heavy (non-hydrogen) atoms. The number of carbonyl (C=O) groups excluding carboxylic acids is 2. The number of benzene rings is 2. The number of imide groups is 1. The summed E-state index contributed by atoms with van der Waals surface area (Å²) in [5.41, 5.74) is -3.05. The maximum absolute atomic E-state index is 13.9. The first-order chi connectivity index (χ1) is 18.5. The maximum Gasteiger partial charge on any atom is 0.433 e. The molecule has 2 aromatic carbocycles. The van der Waals surface area contributed by atoms with Crippen molar-refractivity contribution in [2.45, 2.75) is 43.2 Å². The molecule has 3 aliphatic heterocycles. The minimum Gasteiger partial charge on any atom is -0.477 e. The summed E-state index contributed by atoms with van der Waals surface area (Å²) >= 11 is 0. The monoisotopic (exact) mass is 538 g/mol. The molecular weight excluding hydrogens is 517 g/mol. The summed E-state index contributed by atoms with van der Waals surface area (Å²) in [7, 11) is 0. The van der Waals surface area contributed by atoms with Crippen LogP contribution in [0.2, 0.25) is 0 Å². The molecule has 5 atom stereocenters. The molecule has 0 unspecified atom stereocenters. The number of amides is 2. The van der Waals surface area contributed by atoms with Gasteiger partial charge in [0.15, 0.2) is 5.69 Å². The van der Waals surface area contributed by atoms with Gasteiger partial charge < -0.3 is 14.6 Å². The van der Waals surface area contributed by atoms with E-state index in [1.807, 2.05) is 0 Å². The Balaban J connectivity index is 1.32. The first kappa shape index (κ1) is 25.2. The number of nitrogens with zero attached hydrogens (tertiary/aromatic N) is 4. The van der Waals surface area contributed by atoms with Crippen LogP contribution in [0.4, 0.5) is 18.9 Å². The number of alkyl halides is 3. The smallest absolute Gasteiger partial charge is 0.433 e. The lowest BCUT2D eigenvalue weighted by Crippen LogP contribution is -2.49. The minimum absolute atomic E-state index is 0.0210. The molecule has 3 fully saturated rings. The van der Waals surface area contributed by atoms with Gasteiger partial charge in [0, 0.05) is 29.7 Å². The van der Waals surface area contributed by atoms with Crippen LogP contribution in [0, 0.1) is 23.2 Å². The highest BCUT2D eigenvalue weighted by Crippen LogP contribution is 2.62. The van der Waals surface area contributed by atoms with Crippen LogP contribution in [0.3, 0.4) is 0 Å². The van der Waals surface area contributed by atoms with Crippen molar-refractivity contribution in [1.29, 1.82) is 5.26 Å². The van der Waals surface area contributed by atoms with Crippen LogP contribution in [0.25, 0.3) is 10.8 Å². The van der Waals surface area contributed by atoms with E-state index in [1.54, 1.807) is 43.3 Å². The van der Waals surface area contributed by atoms with Gasteiger partial charge in [0.2, 0.25) is 17.7 Å². The molecule has 1 aromatic heterocycles. The number of nitriles is 1. The third-order valence-corrected chi connectivity index (χ3v) is 8.08. The van der Waals surface area contributed by atoms with Crippen LogP contribution < -0.4 is 9.64 Å². The second-order valence-corrected chi connectivity index (χ2v) is 10.2. The van der Waals surface area contributed by atoms with E-state index in [2.05, 4.69) is 16.0 Å². The summed E-state index contributed by atoms with van der Waals surface area (Å²) in [5, 5.41) is 21.6. The van der Waals surface area contributed by atoms with Gasteiger partial charge in [0.1, 0.15) is 11.9 Å². The van der Waals surface area contributed by atoms with Crippen molar-refractivity contribution in [3.05, 3.63) is 60.0 Å². The molecule has 3 aliphatic rings. The van der Waals surface area contributed by atoms with Gasteiger partial charge in [-0.3, -0.25) is 9.59 Å². The van der Waals surface area contributed by atoms with Gasteiger partial charge in [-0.1, -0.05) is 24.3 Å². The third-order valence-electron chi connectivity index (χ3n) is 8.08. The molecule has 0 spiro atoms. The predicted molar refractivity (Wildman–Crippen MR) is 128 cm³/mol. The van der Waals surface area contributed by atoms with E-state index in [1.165, 1.54) is 0 Å². The number of hydrogen-bond donors (Lipinski definition) is 1. The number of aromatic nitrogens is 2. The van der Waals surface area contributed by atoms with Crippen molar-refractivity contribution in [1.82, 2.24) is 9.97 Å². The first-order valence-electron chi connectivity index (χ1n) is 12.2. The molecule has 0 radical (unpaired) electrons. The third kappa shape index (κ3) is 3.60. The molecule has 0 saturated carbocycles. The highest BCUT2D eigenvalue weighted by molar-refractivity contribution is 6.26. The number of ether oxygens (including phenoxy) is 2. The van der Waals surface area contributed by atoms with Crippen molar-refractivity contribution >= 4 is 28.3 Å². The van der Waals surface area contributed by atoms with E-state index in [9.17, 15) is 33.1 Å². The summed E-state index contributed by atoms with van der Waals surface area (Å²) in [4.78, 5) is 35.7. The molecule has 3 saturated heterocycles. The van der Waals surface area contributed by atoms with Gasteiger partial charge in [-0.25, -0.2) is 14.9 Å². The van der Waals surface area contributed by atoms with Crippen LogP contribution in [0.1, 0.15) is 31.0 Å². The maximum atomic E-state index is 13.9. The molecule has 12 heteroatoms. The molecule has 2 amide bonds. The normalized spacial score (nSPS) is 29.6. The van der Waals surface area contributed by atoms with Crippen molar-refractivity contribution in [2.24, 2.45) is 11.8 Å². The highest BCUT2D eigenvalue weighted by Gasteiger charge is 2.77. The zero-order chi connectivity index (χ0) is 27.7. The predicted octanol–water partition coefficient (Wildman–Crippen LogP) is 3.39. The fraction of sp³-hybridized carbons (Fsp3) is 0.370. The fourth-order valence-electron chi connectivity index (χ4n) is 6.34. The summed E-state index contributed by atoms with van der Waals surface area (Å²) in [5.74, 6) is -3.23. The summed E-state index contributed by atoms with van der Waals surface area (Å²) in [6.07, 6.45) is -4.91. The first-order valence-corrected chi connectivity index (χ1v) is 12.2. The van der Waals surface area contributed by atoms with Crippen LogP contribution in [0.15, 0.2) is 48.8 Å². The lowest BCUT2D eigenvalue weighted by molar-refractivity contribution is -0.141. The average Bonchev–Trinajstić information content (AvgIpc) is 3.44.